The Morgan fingerprint density at radius 1 is 1.09 bits per heavy atom. The van der Waals surface area contributed by atoms with E-state index >= 15 is 0 Å². The number of alkyl halides is 8. The third-order valence-corrected chi connectivity index (χ3v) is 4.75. The van der Waals surface area contributed by atoms with Gasteiger partial charge in [-0.15, -0.1) is 10.2 Å². The Labute approximate surface area is 150 Å². The van der Waals surface area contributed by atoms with Crippen molar-refractivity contribution in [2.75, 3.05) is 0 Å². The maximum Gasteiger partial charge on any atom is 0.437 e. The van der Waals surface area contributed by atoms with Gasteiger partial charge in [0.1, 0.15) is 5.69 Å². The molecule has 0 bridgehead atoms. The van der Waals surface area contributed by atoms with E-state index in [0.29, 0.717) is 4.68 Å². The Bertz CT molecular complexity index is 722. The van der Waals surface area contributed by atoms with Crippen LogP contribution in [0.1, 0.15) is 11.4 Å². The fraction of sp³-hybridized carbons (Fsp3) is 0.375. The molecule has 0 radical (unpaired) electrons. The maximum atomic E-state index is 13.1. The van der Waals surface area contributed by atoms with Crippen LogP contribution in [-0.4, -0.2) is 39.8 Å². The lowest BCUT2D eigenvalue weighted by molar-refractivity contribution is -0.142. The SMILES string of the molecule is O=C(n1ccnn1)n1nnc(C(F)(F)F)c1C(Cl)(Cl)C(Cl)(Cl)Cl. The van der Waals surface area contributed by atoms with Crippen molar-refractivity contribution in [1.82, 2.24) is 30.0 Å². The van der Waals surface area contributed by atoms with E-state index in [4.69, 9.17) is 58.0 Å². The van der Waals surface area contributed by atoms with Crippen molar-refractivity contribution in [2.45, 2.75) is 14.3 Å². The molecule has 0 atom stereocenters. The molecule has 15 heteroatoms. The summed E-state index contributed by atoms with van der Waals surface area (Å²) in [5.41, 5.74) is -2.86. The molecule has 2 rings (SSSR count). The van der Waals surface area contributed by atoms with Gasteiger partial charge in [-0.05, 0) is 0 Å². The lowest BCUT2D eigenvalue weighted by Gasteiger charge is -2.28. The van der Waals surface area contributed by atoms with Crippen LogP contribution in [-0.2, 0) is 10.5 Å². The summed E-state index contributed by atoms with van der Waals surface area (Å²) < 4.78 is 34.5. The molecule has 7 nitrogen and oxygen atoms in total. The van der Waals surface area contributed by atoms with E-state index in [1.54, 1.807) is 0 Å². The fourth-order valence-electron chi connectivity index (χ4n) is 1.43. The van der Waals surface area contributed by atoms with Crippen molar-refractivity contribution in [1.29, 1.82) is 0 Å². The summed E-state index contributed by atoms with van der Waals surface area (Å²) in [5, 5.41) is 12.6. The first-order chi connectivity index (χ1) is 10.4. The minimum Gasteiger partial charge on any atom is -0.243 e. The van der Waals surface area contributed by atoms with Gasteiger partial charge in [0.15, 0.2) is 5.69 Å². The van der Waals surface area contributed by atoms with Gasteiger partial charge in [-0.2, -0.15) is 22.5 Å². The molecular weight excluding hydrogens is 430 g/mol. The third kappa shape index (κ3) is 3.36. The first-order valence-corrected chi connectivity index (χ1v) is 7.15. The average Bonchev–Trinajstić information content (AvgIpc) is 3.05. The predicted octanol–water partition coefficient (Wildman–Crippen LogP) is 3.41. The zero-order valence-corrected chi connectivity index (χ0v) is 14.0. The molecule has 0 amide bonds. The van der Waals surface area contributed by atoms with E-state index in [2.05, 4.69) is 20.6 Å². The van der Waals surface area contributed by atoms with Gasteiger partial charge in [-0.1, -0.05) is 68.4 Å². The summed E-state index contributed by atoms with van der Waals surface area (Å²) in [7, 11) is 0. The summed E-state index contributed by atoms with van der Waals surface area (Å²) in [5.74, 6) is 0. The molecule has 0 saturated carbocycles. The van der Waals surface area contributed by atoms with Crippen LogP contribution in [0, 0.1) is 0 Å². The second kappa shape index (κ2) is 5.92. The van der Waals surface area contributed by atoms with Gasteiger partial charge in [0.05, 0.1) is 12.4 Å². The minimum absolute atomic E-state index is 0.124. The van der Waals surface area contributed by atoms with E-state index in [1.165, 1.54) is 0 Å². The van der Waals surface area contributed by atoms with Crippen molar-refractivity contribution in [2.24, 2.45) is 0 Å². The monoisotopic (exact) mass is 430 g/mol. The van der Waals surface area contributed by atoms with Gasteiger partial charge in [-0.3, -0.25) is 0 Å². The van der Waals surface area contributed by atoms with Crippen molar-refractivity contribution in [3.63, 3.8) is 0 Å². The summed E-state index contributed by atoms with van der Waals surface area (Å²) in [6.07, 6.45) is -2.93. The zero-order chi connectivity index (χ0) is 17.6. The van der Waals surface area contributed by atoms with E-state index < -0.39 is 31.7 Å². The Morgan fingerprint density at radius 2 is 1.70 bits per heavy atom. The second-order valence-corrected chi connectivity index (χ2v) is 7.51. The molecule has 0 saturated heterocycles. The number of hydrogen-bond acceptors (Lipinski definition) is 5. The first kappa shape index (κ1) is 18.5. The van der Waals surface area contributed by atoms with Gasteiger partial charge in [0.2, 0.25) is 8.13 Å². The van der Waals surface area contributed by atoms with Crippen molar-refractivity contribution >= 4 is 64.0 Å². The van der Waals surface area contributed by atoms with Crippen LogP contribution in [0.5, 0.6) is 0 Å². The van der Waals surface area contributed by atoms with Crippen LogP contribution in [0.15, 0.2) is 12.4 Å². The molecule has 126 valence electrons. The van der Waals surface area contributed by atoms with Crippen LogP contribution >= 0.6 is 58.0 Å². The van der Waals surface area contributed by atoms with E-state index in [1.807, 2.05) is 0 Å². The van der Waals surface area contributed by atoms with Gasteiger partial charge in [0, 0.05) is 0 Å². The highest BCUT2D eigenvalue weighted by Gasteiger charge is 2.56. The summed E-state index contributed by atoms with van der Waals surface area (Å²) in [6, 6.07) is -1.22. The third-order valence-electron chi connectivity index (χ3n) is 2.39. The molecule has 0 aromatic carbocycles. The molecule has 0 fully saturated rings. The molecule has 0 aliphatic heterocycles. The molecule has 23 heavy (non-hydrogen) atoms. The standard InChI is InChI=1S/C8H2Cl5F3N6O/c9-6(10,8(11,12)13)4-3(7(14,15)16)18-20-22(4)5(23)21-2-1-17-19-21/h1-2H. The van der Waals surface area contributed by atoms with E-state index in [0.717, 1.165) is 12.4 Å². The Balaban J connectivity index is 2.71. The maximum absolute atomic E-state index is 13.1. The smallest absolute Gasteiger partial charge is 0.243 e. The minimum atomic E-state index is -5.07. The van der Waals surface area contributed by atoms with Gasteiger partial charge in [0.25, 0.3) is 0 Å². The van der Waals surface area contributed by atoms with Crippen molar-refractivity contribution in [3.8, 4) is 0 Å². The first-order valence-electron chi connectivity index (χ1n) is 5.26. The van der Waals surface area contributed by atoms with Crippen LogP contribution in [0.2, 0.25) is 0 Å². The number of rotatable bonds is 1. The van der Waals surface area contributed by atoms with Gasteiger partial charge < -0.3 is 0 Å². The normalized spacial score (nSPS) is 13.4. The van der Waals surface area contributed by atoms with Gasteiger partial charge in [-0.25, -0.2) is 4.79 Å². The zero-order valence-electron chi connectivity index (χ0n) is 10.3. The van der Waals surface area contributed by atoms with Crippen molar-refractivity contribution in [3.05, 3.63) is 23.8 Å². The Kier molecular flexibility index (Phi) is 4.77. The van der Waals surface area contributed by atoms with Crippen LogP contribution < -0.4 is 0 Å². The highest BCUT2D eigenvalue weighted by Crippen LogP contribution is 2.54. The van der Waals surface area contributed by atoms with Gasteiger partial charge >= 0.3 is 12.2 Å². The average molecular weight is 432 g/mol. The summed E-state index contributed by atoms with van der Waals surface area (Å²) >= 11 is 28.1. The quantitative estimate of drug-likeness (QED) is 0.646. The molecule has 0 unspecified atom stereocenters. The number of carbonyl (C=O) groups is 1. The largest absolute Gasteiger partial charge is 0.437 e. The molecular formula is C8H2Cl5F3N6O. The lowest BCUT2D eigenvalue weighted by atomic mass is 10.2. The highest BCUT2D eigenvalue weighted by molar-refractivity contribution is 6.75. The number of aromatic nitrogens is 6. The highest BCUT2D eigenvalue weighted by atomic mass is 35.6. The number of carbonyl (C=O) groups excluding carboxylic acids is 1. The lowest BCUT2D eigenvalue weighted by Crippen LogP contribution is -2.36. The fourth-order valence-corrected chi connectivity index (χ4v) is 2.04. The van der Waals surface area contributed by atoms with Crippen LogP contribution in [0.4, 0.5) is 18.0 Å². The molecule has 0 aliphatic carbocycles. The summed E-state index contributed by atoms with van der Waals surface area (Å²) in [4.78, 5) is 12.1. The number of hydrogen-bond donors (Lipinski definition) is 0. The molecule has 2 heterocycles. The molecule has 2 aromatic rings. The Morgan fingerprint density at radius 3 is 2.13 bits per heavy atom. The summed E-state index contributed by atoms with van der Waals surface area (Å²) in [6.45, 7) is 0. The van der Waals surface area contributed by atoms with E-state index in [-0.39, 0.29) is 4.68 Å². The second-order valence-electron chi connectivity index (χ2n) is 3.90. The van der Waals surface area contributed by atoms with Crippen LogP contribution in [0.25, 0.3) is 0 Å². The van der Waals surface area contributed by atoms with Crippen molar-refractivity contribution < 1.29 is 18.0 Å². The molecule has 0 N–H and O–H groups in total. The number of nitrogens with zero attached hydrogens (tertiary/aromatic N) is 6. The van der Waals surface area contributed by atoms with E-state index in [9.17, 15) is 18.0 Å². The van der Waals surface area contributed by atoms with Crippen LogP contribution in [0.3, 0.4) is 0 Å². The Hall–Kier alpha value is -0.810. The topological polar surface area (TPSA) is 78.5 Å². The number of halogens is 8. The molecule has 2 aromatic heterocycles. The predicted molar refractivity (Wildman–Crippen MR) is 74.9 cm³/mol. The molecule has 0 spiro atoms. The molecule has 0 aliphatic rings.